The number of rotatable bonds is 7. The predicted octanol–water partition coefficient (Wildman–Crippen LogP) is 4.98. The van der Waals surface area contributed by atoms with Crippen molar-refractivity contribution in [2.24, 2.45) is 0 Å². The van der Waals surface area contributed by atoms with Crippen LogP contribution in [0.4, 0.5) is 0 Å². The first-order valence-electron chi connectivity index (χ1n) is 10.8. The number of benzene rings is 2. The third-order valence-corrected chi connectivity index (χ3v) is 6.14. The minimum atomic E-state index is -0.755. The Morgan fingerprint density at radius 3 is 2.63 bits per heavy atom. The number of hydrogen-bond acceptors (Lipinski definition) is 10. The van der Waals surface area contributed by atoms with E-state index in [0.717, 1.165) is 16.2 Å². The number of carbonyl (C=O) groups is 1. The maximum atomic E-state index is 13.0. The minimum absolute atomic E-state index is 0.189. The van der Waals surface area contributed by atoms with E-state index in [0.29, 0.717) is 41.2 Å². The first kappa shape index (κ1) is 22.7. The van der Waals surface area contributed by atoms with Crippen molar-refractivity contribution >= 4 is 17.7 Å². The van der Waals surface area contributed by atoms with Crippen LogP contribution >= 0.6 is 11.8 Å². The Kier molecular flexibility index (Phi) is 6.53. The highest BCUT2D eigenvalue weighted by atomic mass is 32.2. The van der Waals surface area contributed by atoms with Crippen LogP contribution in [0.25, 0.3) is 11.5 Å². The number of nitrogens with zero attached hydrogens (tertiary/aromatic N) is 3. The van der Waals surface area contributed by atoms with Crippen LogP contribution in [-0.4, -0.2) is 41.5 Å². The second-order valence-corrected chi connectivity index (χ2v) is 8.55. The van der Waals surface area contributed by atoms with Gasteiger partial charge in [-0.2, -0.15) is 0 Å². The zero-order chi connectivity index (χ0) is 24.2. The number of aromatic nitrogens is 3. The Bertz CT molecular complexity index is 1340. The predicted molar refractivity (Wildman–Crippen MR) is 126 cm³/mol. The molecule has 4 aromatic rings. The summed E-state index contributed by atoms with van der Waals surface area (Å²) < 4.78 is 27.7. The second-order valence-electron chi connectivity index (χ2n) is 7.49. The van der Waals surface area contributed by atoms with E-state index in [9.17, 15) is 4.79 Å². The van der Waals surface area contributed by atoms with Crippen molar-refractivity contribution in [3.05, 3.63) is 72.2 Å². The van der Waals surface area contributed by atoms with Crippen LogP contribution in [0, 0.1) is 0 Å². The van der Waals surface area contributed by atoms with Crippen molar-refractivity contribution in [2.75, 3.05) is 20.3 Å². The average molecular weight is 492 g/mol. The third-order valence-electron chi connectivity index (χ3n) is 5.13. The summed E-state index contributed by atoms with van der Waals surface area (Å²) in [7, 11) is 1.60. The molecule has 9 nitrogen and oxygen atoms in total. The van der Waals surface area contributed by atoms with Gasteiger partial charge in [-0.05, 0) is 61.5 Å². The van der Waals surface area contributed by atoms with E-state index in [2.05, 4.69) is 15.2 Å². The van der Waals surface area contributed by atoms with Crippen molar-refractivity contribution in [3.63, 3.8) is 0 Å². The molecule has 0 radical (unpaired) electrons. The summed E-state index contributed by atoms with van der Waals surface area (Å²) in [4.78, 5) is 18.2. The lowest BCUT2D eigenvalue weighted by Crippen LogP contribution is -2.15. The number of carbonyl (C=O) groups excluding carboxylic acids is 1. The van der Waals surface area contributed by atoms with Gasteiger partial charge in [0.05, 0.1) is 12.7 Å². The summed E-state index contributed by atoms with van der Waals surface area (Å²) in [5.41, 5.74) is 1.06. The maximum absolute atomic E-state index is 13.0. The third kappa shape index (κ3) is 5.07. The average Bonchev–Trinajstić information content (AvgIpc) is 3.40. The van der Waals surface area contributed by atoms with E-state index >= 15 is 0 Å². The lowest BCUT2D eigenvalue weighted by Gasteiger charge is -2.18. The molecular formula is C25H21N3O6S. The molecule has 0 bridgehead atoms. The van der Waals surface area contributed by atoms with Crippen LogP contribution in [0.5, 0.6) is 17.2 Å². The summed E-state index contributed by atoms with van der Waals surface area (Å²) in [5, 5.41) is 8.61. The molecule has 1 aliphatic rings. The number of fused-ring (bicyclic) bond motifs is 1. The molecule has 3 heterocycles. The first-order valence-corrected chi connectivity index (χ1v) is 11.6. The zero-order valence-electron chi connectivity index (χ0n) is 19.0. The summed E-state index contributed by atoms with van der Waals surface area (Å²) in [6, 6.07) is 16.2. The van der Waals surface area contributed by atoms with Gasteiger partial charge in [-0.3, -0.25) is 0 Å². The molecule has 1 aliphatic heterocycles. The van der Waals surface area contributed by atoms with Crippen molar-refractivity contribution in [1.29, 1.82) is 0 Å². The van der Waals surface area contributed by atoms with Crippen LogP contribution in [-0.2, 0) is 4.74 Å². The standard InChI is InChI=1S/C25H21N3O6S/c1-15(22-27-28-23(34-22)16-5-7-17(30-2)8-6-16)33-25(29)19-4-3-11-26-24(19)35-18-9-10-20-21(14-18)32-13-12-31-20/h3-11,14-15H,12-13H2,1-2H3. The molecule has 1 unspecified atom stereocenters. The topological polar surface area (TPSA) is 106 Å². The van der Waals surface area contributed by atoms with Gasteiger partial charge in [0.15, 0.2) is 17.6 Å². The molecule has 2 aromatic heterocycles. The molecule has 0 amide bonds. The van der Waals surface area contributed by atoms with Crippen LogP contribution in [0.2, 0.25) is 0 Å². The Balaban J connectivity index is 1.29. The monoisotopic (exact) mass is 491 g/mol. The molecule has 0 aliphatic carbocycles. The van der Waals surface area contributed by atoms with Gasteiger partial charge in [-0.15, -0.1) is 10.2 Å². The maximum Gasteiger partial charge on any atom is 0.341 e. The molecular weight excluding hydrogens is 470 g/mol. The lowest BCUT2D eigenvalue weighted by atomic mass is 10.2. The summed E-state index contributed by atoms with van der Waals surface area (Å²) in [5.74, 6) is 2.05. The Labute approximate surface area is 205 Å². The summed E-state index contributed by atoms with van der Waals surface area (Å²) in [6.07, 6.45) is 0.869. The minimum Gasteiger partial charge on any atom is -0.497 e. The van der Waals surface area contributed by atoms with E-state index in [1.165, 1.54) is 11.8 Å². The fraction of sp³-hybridized carbons (Fsp3) is 0.200. The molecule has 10 heteroatoms. The number of methoxy groups -OCH3 is 1. The van der Waals surface area contributed by atoms with Gasteiger partial charge >= 0.3 is 5.97 Å². The van der Waals surface area contributed by atoms with Gasteiger partial charge in [0.2, 0.25) is 5.89 Å². The molecule has 35 heavy (non-hydrogen) atoms. The molecule has 1 atom stereocenters. The fourth-order valence-electron chi connectivity index (χ4n) is 3.35. The Hall–Kier alpha value is -4.05. The molecule has 0 fully saturated rings. The second kappa shape index (κ2) is 10.1. The fourth-order valence-corrected chi connectivity index (χ4v) is 4.25. The number of hydrogen-bond donors (Lipinski definition) is 0. The Morgan fingerprint density at radius 1 is 1.03 bits per heavy atom. The summed E-state index contributed by atoms with van der Waals surface area (Å²) >= 11 is 1.33. The molecule has 0 spiro atoms. The van der Waals surface area contributed by atoms with Crippen LogP contribution < -0.4 is 14.2 Å². The van der Waals surface area contributed by atoms with Gasteiger partial charge in [0.25, 0.3) is 5.89 Å². The molecule has 178 valence electrons. The molecule has 0 saturated carbocycles. The zero-order valence-corrected chi connectivity index (χ0v) is 19.8. The highest BCUT2D eigenvalue weighted by Crippen LogP contribution is 2.37. The van der Waals surface area contributed by atoms with E-state index in [4.69, 9.17) is 23.4 Å². The molecule has 5 rings (SSSR count). The van der Waals surface area contributed by atoms with Crippen molar-refractivity contribution in [2.45, 2.75) is 22.9 Å². The van der Waals surface area contributed by atoms with Crippen LogP contribution in [0.15, 0.2) is 75.1 Å². The number of pyridine rings is 1. The highest BCUT2D eigenvalue weighted by Gasteiger charge is 2.23. The number of ether oxygens (including phenoxy) is 4. The van der Waals surface area contributed by atoms with Gasteiger partial charge < -0.3 is 23.4 Å². The van der Waals surface area contributed by atoms with Crippen molar-refractivity contribution < 1.29 is 28.2 Å². The Morgan fingerprint density at radius 2 is 1.83 bits per heavy atom. The van der Waals surface area contributed by atoms with Crippen molar-refractivity contribution in [1.82, 2.24) is 15.2 Å². The molecule has 2 aromatic carbocycles. The molecule has 0 saturated heterocycles. The van der Waals surface area contributed by atoms with Crippen LogP contribution in [0.3, 0.4) is 0 Å². The van der Waals surface area contributed by atoms with Gasteiger partial charge in [-0.25, -0.2) is 9.78 Å². The van der Waals surface area contributed by atoms with Crippen LogP contribution in [0.1, 0.15) is 29.3 Å². The van der Waals surface area contributed by atoms with Gasteiger partial charge in [-0.1, -0.05) is 11.8 Å². The quantitative estimate of drug-likeness (QED) is 0.329. The lowest BCUT2D eigenvalue weighted by molar-refractivity contribution is 0.0275. The largest absolute Gasteiger partial charge is 0.497 e. The molecule has 0 N–H and O–H groups in total. The number of esters is 1. The van der Waals surface area contributed by atoms with E-state index in [1.807, 2.05) is 30.3 Å². The first-order chi connectivity index (χ1) is 17.1. The normalized spacial score (nSPS) is 13.2. The van der Waals surface area contributed by atoms with Crippen molar-refractivity contribution in [3.8, 4) is 28.7 Å². The van der Waals surface area contributed by atoms with E-state index in [1.54, 1.807) is 44.5 Å². The smallest absolute Gasteiger partial charge is 0.341 e. The van der Waals surface area contributed by atoms with Gasteiger partial charge in [0.1, 0.15) is 24.0 Å². The summed E-state index contributed by atoms with van der Waals surface area (Å²) in [6.45, 7) is 2.69. The van der Waals surface area contributed by atoms with E-state index in [-0.39, 0.29) is 5.89 Å². The van der Waals surface area contributed by atoms with Gasteiger partial charge in [0, 0.05) is 16.7 Å². The highest BCUT2D eigenvalue weighted by molar-refractivity contribution is 7.99. The SMILES string of the molecule is COc1ccc(-c2nnc(C(C)OC(=O)c3cccnc3Sc3ccc4c(c3)OCCO4)o2)cc1. The van der Waals surface area contributed by atoms with E-state index < -0.39 is 12.1 Å².